The largest absolute Gasteiger partial charge is 0.393 e. The first-order chi connectivity index (χ1) is 8.52. The average Bonchev–Trinajstić information content (AvgIpc) is 3.13. The molecule has 1 aromatic rings. The molecule has 1 heterocycles. The van der Waals surface area contributed by atoms with E-state index in [1.54, 1.807) is 6.92 Å². The van der Waals surface area contributed by atoms with E-state index in [2.05, 4.69) is 5.32 Å². The van der Waals surface area contributed by atoms with E-state index >= 15 is 0 Å². The molecule has 7 heteroatoms. The lowest BCUT2D eigenvalue weighted by Crippen LogP contribution is -2.44. The Hall–Kier alpha value is -2.05. The maximum Gasteiger partial charge on any atom is 0.331 e. The first-order valence-electron chi connectivity index (χ1n) is 5.92. The number of nitrogen functional groups attached to an aromatic ring is 1. The van der Waals surface area contributed by atoms with Crippen molar-refractivity contribution in [1.82, 2.24) is 14.5 Å². The maximum absolute atomic E-state index is 11.9. The Bertz CT molecular complexity index is 583. The standard InChI is InChI=1S/C11H16N4O3/c1-2-14-5-8(12)10(17)15(11(14)18)6-9(16)13-7-3-4-7/h5,7H,2-4,6,12H2,1H3,(H,13,16). The zero-order chi connectivity index (χ0) is 13.3. The topological polar surface area (TPSA) is 99.1 Å². The lowest BCUT2D eigenvalue weighted by molar-refractivity contribution is -0.121. The van der Waals surface area contributed by atoms with Gasteiger partial charge in [0.15, 0.2) is 0 Å². The van der Waals surface area contributed by atoms with Crippen LogP contribution in [0.3, 0.4) is 0 Å². The van der Waals surface area contributed by atoms with E-state index in [4.69, 9.17) is 5.73 Å². The molecule has 7 nitrogen and oxygen atoms in total. The van der Waals surface area contributed by atoms with Crippen LogP contribution >= 0.6 is 0 Å². The molecule has 1 fully saturated rings. The second-order valence-corrected chi connectivity index (χ2v) is 4.39. The normalized spacial score (nSPS) is 14.5. The number of anilines is 1. The number of carbonyl (C=O) groups is 1. The third-order valence-electron chi connectivity index (χ3n) is 2.85. The van der Waals surface area contributed by atoms with Crippen molar-refractivity contribution < 1.29 is 4.79 Å². The molecular weight excluding hydrogens is 236 g/mol. The van der Waals surface area contributed by atoms with Gasteiger partial charge in [-0.25, -0.2) is 9.36 Å². The van der Waals surface area contributed by atoms with Crippen molar-refractivity contribution in [2.45, 2.75) is 38.9 Å². The highest BCUT2D eigenvalue weighted by Crippen LogP contribution is 2.18. The number of aromatic nitrogens is 2. The van der Waals surface area contributed by atoms with Crippen LogP contribution in [-0.2, 0) is 17.9 Å². The molecule has 0 atom stereocenters. The molecule has 0 bridgehead atoms. The molecule has 1 amide bonds. The third-order valence-corrected chi connectivity index (χ3v) is 2.85. The Morgan fingerprint density at radius 3 is 2.72 bits per heavy atom. The Morgan fingerprint density at radius 1 is 1.50 bits per heavy atom. The van der Waals surface area contributed by atoms with Crippen molar-refractivity contribution in [3.05, 3.63) is 27.0 Å². The highest BCUT2D eigenvalue weighted by Gasteiger charge is 2.23. The fourth-order valence-corrected chi connectivity index (χ4v) is 1.69. The summed E-state index contributed by atoms with van der Waals surface area (Å²) >= 11 is 0. The summed E-state index contributed by atoms with van der Waals surface area (Å²) in [4.78, 5) is 35.3. The molecule has 2 rings (SSSR count). The van der Waals surface area contributed by atoms with Crippen LogP contribution in [0.5, 0.6) is 0 Å². The fraction of sp³-hybridized carbons (Fsp3) is 0.545. The number of hydrogen-bond acceptors (Lipinski definition) is 4. The Balaban J connectivity index is 2.30. The molecule has 1 aliphatic rings. The van der Waals surface area contributed by atoms with Crippen molar-refractivity contribution in [2.24, 2.45) is 0 Å². The monoisotopic (exact) mass is 252 g/mol. The van der Waals surface area contributed by atoms with Crippen LogP contribution in [0.15, 0.2) is 15.8 Å². The molecule has 0 unspecified atom stereocenters. The van der Waals surface area contributed by atoms with E-state index in [9.17, 15) is 14.4 Å². The van der Waals surface area contributed by atoms with Gasteiger partial charge in [-0.1, -0.05) is 0 Å². The van der Waals surface area contributed by atoms with Gasteiger partial charge in [0.2, 0.25) is 5.91 Å². The molecule has 1 aliphatic carbocycles. The number of hydrogen-bond donors (Lipinski definition) is 2. The molecule has 0 spiro atoms. The second kappa shape index (κ2) is 4.67. The molecule has 0 aliphatic heterocycles. The quantitative estimate of drug-likeness (QED) is 0.709. The summed E-state index contributed by atoms with van der Waals surface area (Å²) in [6.45, 7) is 1.88. The molecule has 0 saturated heterocycles. The summed E-state index contributed by atoms with van der Waals surface area (Å²) in [7, 11) is 0. The fourth-order valence-electron chi connectivity index (χ4n) is 1.69. The summed E-state index contributed by atoms with van der Waals surface area (Å²) in [6, 6.07) is 0.197. The third kappa shape index (κ3) is 2.44. The van der Waals surface area contributed by atoms with Crippen LogP contribution in [0.2, 0.25) is 0 Å². The van der Waals surface area contributed by atoms with E-state index in [1.807, 2.05) is 0 Å². The van der Waals surface area contributed by atoms with E-state index in [0.717, 1.165) is 17.4 Å². The predicted octanol–water partition coefficient (Wildman–Crippen LogP) is -1.11. The first-order valence-corrected chi connectivity index (χ1v) is 5.92. The van der Waals surface area contributed by atoms with Crippen LogP contribution in [0.1, 0.15) is 19.8 Å². The number of carbonyl (C=O) groups excluding carboxylic acids is 1. The molecule has 98 valence electrons. The minimum absolute atomic E-state index is 0.0318. The number of amides is 1. The number of nitrogens with one attached hydrogen (secondary N) is 1. The van der Waals surface area contributed by atoms with Gasteiger partial charge >= 0.3 is 5.69 Å². The number of nitrogens with two attached hydrogens (primary N) is 1. The van der Waals surface area contributed by atoms with Gasteiger partial charge in [0.05, 0.1) is 0 Å². The van der Waals surface area contributed by atoms with E-state index in [0.29, 0.717) is 6.54 Å². The van der Waals surface area contributed by atoms with Crippen molar-refractivity contribution >= 4 is 11.6 Å². The summed E-state index contributed by atoms with van der Waals surface area (Å²) in [5, 5.41) is 2.73. The van der Waals surface area contributed by atoms with Crippen LogP contribution in [0.25, 0.3) is 0 Å². The lowest BCUT2D eigenvalue weighted by Gasteiger charge is -2.09. The van der Waals surface area contributed by atoms with Gasteiger partial charge in [0.25, 0.3) is 5.56 Å². The van der Waals surface area contributed by atoms with Gasteiger partial charge in [-0.2, -0.15) is 0 Å². The average molecular weight is 252 g/mol. The Labute approximate surface area is 103 Å². The summed E-state index contributed by atoms with van der Waals surface area (Å²) in [5.41, 5.74) is 4.37. The molecule has 0 radical (unpaired) electrons. The Kier molecular flexibility index (Phi) is 3.22. The van der Waals surface area contributed by atoms with Crippen molar-refractivity contribution in [2.75, 3.05) is 5.73 Å². The van der Waals surface area contributed by atoms with Gasteiger partial charge in [0.1, 0.15) is 12.2 Å². The van der Waals surface area contributed by atoms with E-state index in [-0.39, 0.29) is 24.2 Å². The molecule has 1 saturated carbocycles. The van der Waals surface area contributed by atoms with Crippen LogP contribution < -0.4 is 22.3 Å². The van der Waals surface area contributed by atoms with Gasteiger partial charge in [-0.3, -0.25) is 14.2 Å². The number of aryl methyl sites for hydroxylation is 1. The number of rotatable bonds is 4. The SMILES string of the molecule is CCn1cc(N)c(=O)n(CC(=O)NC2CC2)c1=O. The highest BCUT2D eigenvalue weighted by molar-refractivity contribution is 5.76. The van der Waals surface area contributed by atoms with Crippen LogP contribution in [0.4, 0.5) is 5.69 Å². The highest BCUT2D eigenvalue weighted by atomic mass is 16.2. The minimum atomic E-state index is -0.615. The number of nitrogens with zero attached hydrogens (tertiary/aromatic N) is 2. The smallest absolute Gasteiger partial charge is 0.331 e. The van der Waals surface area contributed by atoms with Gasteiger partial charge < -0.3 is 11.1 Å². The second-order valence-electron chi connectivity index (χ2n) is 4.39. The minimum Gasteiger partial charge on any atom is -0.393 e. The molecule has 0 aromatic carbocycles. The lowest BCUT2D eigenvalue weighted by atomic mass is 10.4. The first kappa shape index (κ1) is 12.4. The molecule has 18 heavy (non-hydrogen) atoms. The molecule has 3 N–H and O–H groups in total. The summed E-state index contributed by atoms with van der Waals surface area (Å²) in [6.07, 6.45) is 3.22. The maximum atomic E-state index is 11.9. The zero-order valence-corrected chi connectivity index (χ0v) is 10.2. The molecular formula is C11H16N4O3. The van der Waals surface area contributed by atoms with Crippen LogP contribution in [-0.4, -0.2) is 21.1 Å². The summed E-state index contributed by atoms with van der Waals surface area (Å²) < 4.78 is 2.18. The van der Waals surface area contributed by atoms with Crippen molar-refractivity contribution in [3.63, 3.8) is 0 Å². The van der Waals surface area contributed by atoms with Crippen molar-refractivity contribution in [3.8, 4) is 0 Å². The predicted molar refractivity (Wildman–Crippen MR) is 66.2 cm³/mol. The van der Waals surface area contributed by atoms with Gasteiger partial charge in [-0.05, 0) is 19.8 Å². The Morgan fingerprint density at radius 2 is 2.17 bits per heavy atom. The van der Waals surface area contributed by atoms with Gasteiger partial charge in [0, 0.05) is 18.8 Å². The van der Waals surface area contributed by atoms with Crippen molar-refractivity contribution in [1.29, 1.82) is 0 Å². The van der Waals surface area contributed by atoms with E-state index in [1.165, 1.54) is 10.8 Å². The van der Waals surface area contributed by atoms with Gasteiger partial charge in [-0.15, -0.1) is 0 Å². The molecule has 1 aromatic heterocycles. The van der Waals surface area contributed by atoms with Crippen LogP contribution in [0, 0.1) is 0 Å². The zero-order valence-electron chi connectivity index (χ0n) is 10.2. The summed E-state index contributed by atoms with van der Waals surface area (Å²) in [5.74, 6) is -0.329. The van der Waals surface area contributed by atoms with E-state index < -0.39 is 11.2 Å².